The first-order valence-electron chi connectivity index (χ1n) is 7.26. The second-order valence-corrected chi connectivity index (χ2v) is 7.60. The third kappa shape index (κ3) is 3.44. The van der Waals surface area contributed by atoms with Crippen molar-refractivity contribution in [3.05, 3.63) is 60.7 Å². The summed E-state index contributed by atoms with van der Waals surface area (Å²) in [5.74, 6) is 0. The molecule has 0 bridgehead atoms. The molecule has 1 fully saturated rings. The predicted molar refractivity (Wildman–Crippen MR) is 92.1 cm³/mol. The Morgan fingerprint density at radius 3 is 1.62 bits per heavy atom. The zero-order valence-corrected chi connectivity index (χ0v) is 13.6. The van der Waals surface area contributed by atoms with Crippen molar-refractivity contribution in [2.24, 2.45) is 0 Å². The highest BCUT2D eigenvalue weighted by molar-refractivity contribution is 7.59. The van der Waals surface area contributed by atoms with Crippen LogP contribution in [0.25, 0.3) is 0 Å². The summed E-state index contributed by atoms with van der Waals surface area (Å²) in [7, 11) is 4.13. The van der Waals surface area contributed by atoms with E-state index >= 15 is 0 Å². The molecule has 1 heterocycles. The molecule has 2 aromatic carbocycles. The minimum absolute atomic E-state index is 0.281. The maximum atomic E-state index is 2.53. The van der Waals surface area contributed by atoms with Gasteiger partial charge in [-0.05, 0) is 38.4 Å². The van der Waals surface area contributed by atoms with Crippen LogP contribution in [-0.2, 0) is 0 Å². The number of hydrogen-bond donors (Lipinski definition) is 0. The fraction of sp³-hybridized carbons (Fsp3) is 0.294. The summed E-state index contributed by atoms with van der Waals surface area (Å²) in [6.45, 7) is 1.05. The van der Waals surface area contributed by atoms with Crippen LogP contribution in [0, 0.1) is 0 Å². The standard InChI is InChI=1S/C17H22N3P/c1-18-13-19(2)15-21(14-18)20(16-9-5-3-6-10-16)17-11-7-4-8-12-17/h3-12H,13-15H2,1-2H3. The van der Waals surface area contributed by atoms with Crippen molar-refractivity contribution < 1.29 is 0 Å². The van der Waals surface area contributed by atoms with Crippen molar-refractivity contribution in [3.63, 3.8) is 0 Å². The van der Waals surface area contributed by atoms with E-state index in [0.717, 1.165) is 19.2 Å². The lowest BCUT2D eigenvalue weighted by Gasteiger charge is -2.42. The summed E-state index contributed by atoms with van der Waals surface area (Å²) in [5, 5.41) is 0. The van der Waals surface area contributed by atoms with Crippen molar-refractivity contribution in [2.45, 2.75) is 0 Å². The van der Waals surface area contributed by atoms with Crippen molar-refractivity contribution >= 4 is 19.4 Å². The zero-order chi connectivity index (χ0) is 14.7. The third-order valence-electron chi connectivity index (χ3n) is 3.58. The van der Waals surface area contributed by atoms with Gasteiger partial charge in [0.2, 0.25) is 0 Å². The average molecular weight is 299 g/mol. The van der Waals surface area contributed by atoms with E-state index in [1.807, 2.05) is 0 Å². The molecule has 1 saturated heterocycles. The molecule has 0 spiro atoms. The fourth-order valence-corrected chi connectivity index (χ4v) is 5.40. The molecule has 0 saturated carbocycles. The average Bonchev–Trinajstić information content (AvgIpc) is 2.49. The Balaban J connectivity index is 1.96. The first-order chi connectivity index (χ1) is 10.2. The molecular weight excluding hydrogens is 277 g/mol. The van der Waals surface area contributed by atoms with Gasteiger partial charge < -0.3 is 4.67 Å². The topological polar surface area (TPSA) is 9.72 Å². The molecule has 2 aromatic rings. The van der Waals surface area contributed by atoms with Crippen LogP contribution in [0.15, 0.2) is 60.7 Å². The van der Waals surface area contributed by atoms with Gasteiger partial charge >= 0.3 is 0 Å². The van der Waals surface area contributed by atoms with E-state index in [9.17, 15) is 0 Å². The van der Waals surface area contributed by atoms with Gasteiger partial charge in [0.15, 0.2) is 0 Å². The number of nitrogens with zero attached hydrogens (tertiary/aromatic N) is 3. The van der Waals surface area contributed by atoms with Gasteiger partial charge in [0, 0.05) is 32.0 Å². The Hall–Kier alpha value is -1.41. The van der Waals surface area contributed by atoms with Crippen LogP contribution in [0.3, 0.4) is 0 Å². The van der Waals surface area contributed by atoms with E-state index in [1.165, 1.54) is 11.4 Å². The summed E-state index contributed by atoms with van der Waals surface area (Å²) in [5.41, 5.74) is 2.58. The summed E-state index contributed by atoms with van der Waals surface area (Å²) >= 11 is 0. The Kier molecular flexibility index (Phi) is 4.54. The zero-order valence-electron chi connectivity index (χ0n) is 12.7. The normalized spacial score (nSPS) is 17.8. The Morgan fingerprint density at radius 2 is 1.19 bits per heavy atom. The van der Waals surface area contributed by atoms with Gasteiger partial charge in [-0.15, -0.1) is 0 Å². The van der Waals surface area contributed by atoms with Crippen molar-refractivity contribution in [1.29, 1.82) is 0 Å². The van der Waals surface area contributed by atoms with Gasteiger partial charge in [0.25, 0.3) is 0 Å². The van der Waals surface area contributed by atoms with Gasteiger partial charge in [0.05, 0.1) is 6.67 Å². The quantitative estimate of drug-likeness (QED) is 0.794. The summed E-state index contributed by atoms with van der Waals surface area (Å²) in [4.78, 5) is 4.82. The summed E-state index contributed by atoms with van der Waals surface area (Å²) in [6.07, 6.45) is 2.28. The molecule has 0 amide bonds. The fourth-order valence-electron chi connectivity index (χ4n) is 2.84. The maximum absolute atomic E-state index is 2.53. The lowest BCUT2D eigenvalue weighted by atomic mass is 10.3. The lowest BCUT2D eigenvalue weighted by Crippen LogP contribution is -2.41. The van der Waals surface area contributed by atoms with Gasteiger partial charge in [-0.1, -0.05) is 36.4 Å². The van der Waals surface area contributed by atoms with Crippen molar-refractivity contribution in [1.82, 2.24) is 9.80 Å². The van der Waals surface area contributed by atoms with Crippen LogP contribution in [-0.4, -0.2) is 43.1 Å². The van der Waals surface area contributed by atoms with Gasteiger partial charge in [0.1, 0.15) is 0 Å². The molecule has 0 N–H and O–H groups in total. The number of para-hydroxylation sites is 2. The lowest BCUT2D eigenvalue weighted by molar-refractivity contribution is 0.211. The molecule has 4 heteroatoms. The van der Waals surface area contributed by atoms with Crippen LogP contribution < -0.4 is 4.67 Å². The Bertz CT molecular complexity index is 511. The first-order valence-corrected chi connectivity index (χ1v) is 8.93. The molecular formula is C17H22N3P. The molecule has 3 nitrogen and oxygen atoms in total. The van der Waals surface area contributed by atoms with E-state index in [1.54, 1.807) is 0 Å². The van der Waals surface area contributed by atoms with E-state index < -0.39 is 0 Å². The van der Waals surface area contributed by atoms with Crippen LogP contribution >= 0.6 is 8.07 Å². The van der Waals surface area contributed by atoms with Crippen molar-refractivity contribution in [2.75, 3.05) is 38.0 Å². The minimum Gasteiger partial charge on any atom is -0.317 e. The van der Waals surface area contributed by atoms with E-state index in [-0.39, 0.29) is 8.07 Å². The SMILES string of the molecule is CN1CN(C)CP(N(c2ccccc2)c2ccccc2)C1. The van der Waals surface area contributed by atoms with E-state index in [2.05, 4.69) is 89.2 Å². The maximum Gasteiger partial charge on any atom is 0.0508 e. The van der Waals surface area contributed by atoms with Crippen molar-refractivity contribution in [3.8, 4) is 0 Å². The Morgan fingerprint density at radius 1 is 0.762 bits per heavy atom. The summed E-state index contributed by atoms with van der Waals surface area (Å²) in [6, 6.07) is 21.5. The highest BCUT2D eigenvalue weighted by atomic mass is 31.1. The van der Waals surface area contributed by atoms with Crippen LogP contribution in [0.2, 0.25) is 0 Å². The van der Waals surface area contributed by atoms with Crippen LogP contribution in [0.1, 0.15) is 0 Å². The highest BCUT2D eigenvalue weighted by Crippen LogP contribution is 2.50. The molecule has 1 aliphatic heterocycles. The molecule has 0 aliphatic carbocycles. The smallest absolute Gasteiger partial charge is 0.0508 e. The van der Waals surface area contributed by atoms with E-state index in [4.69, 9.17) is 0 Å². The van der Waals surface area contributed by atoms with Gasteiger partial charge in [-0.3, -0.25) is 9.80 Å². The second-order valence-electron chi connectivity index (χ2n) is 5.63. The minimum atomic E-state index is -0.281. The Labute approximate surface area is 128 Å². The number of benzene rings is 2. The molecule has 110 valence electrons. The van der Waals surface area contributed by atoms with Gasteiger partial charge in [-0.25, -0.2) is 0 Å². The second kappa shape index (κ2) is 6.57. The van der Waals surface area contributed by atoms with Crippen LogP contribution in [0.5, 0.6) is 0 Å². The predicted octanol–water partition coefficient (Wildman–Crippen LogP) is 3.97. The third-order valence-corrected chi connectivity index (χ3v) is 6.22. The van der Waals surface area contributed by atoms with E-state index in [0.29, 0.717) is 0 Å². The summed E-state index contributed by atoms with van der Waals surface area (Å²) < 4.78 is 2.53. The number of hydrogen-bond acceptors (Lipinski definition) is 3. The molecule has 0 unspecified atom stereocenters. The van der Waals surface area contributed by atoms with Crippen LogP contribution in [0.4, 0.5) is 11.4 Å². The molecule has 1 aliphatic rings. The number of rotatable bonds is 3. The first kappa shape index (κ1) is 14.5. The largest absolute Gasteiger partial charge is 0.317 e. The molecule has 0 aromatic heterocycles. The molecule has 0 atom stereocenters. The molecule has 21 heavy (non-hydrogen) atoms. The molecule has 0 radical (unpaired) electrons. The van der Waals surface area contributed by atoms with Gasteiger partial charge in [-0.2, -0.15) is 0 Å². The highest BCUT2D eigenvalue weighted by Gasteiger charge is 2.27. The monoisotopic (exact) mass is 299 g/mol. The number of anilines is 2. The molecule has 3 rings (SSSR count).